The Balaban J connectivity index is 1.51. The van der Waals surface area contributed by atoms with Crippen molar-refractivity contribution in [2.75, 3.05) is 19.6 Å². The molecule has 0 saturated carbocycles. The number of thiophene rings is 1. The normalized spacial score (nSPS) is 16.3. The molecule has 0 unspecified atom stereocenters. The summed E-state index contributed by atoms with van der Waals surface area (Å²) in [5, 5.41) is 3.87. The Bertz CT molecular complexity index is 856. The number of hydrogen-bond donors (Lipinski definition) is 1. The molecule has 3 heterocycles. The maximum atomic E-state index is 12.4. The fraction of sp³-hybridized carbons (Fsp3) is 0.500. The molecular weight excluding hydrogens is 404 g/mol. The van der Waals surface area contributed by atoms with Gasteiger partial charge in [-0.3, -0.25) is 4.79 Å². The number of carbonyl (C=O) groups excluding carboxylic acids is 1. The summed E-state index contributed by atoms with van der Waals surface area (Å²) in [4.78, 5) is 14.8. The third-order valence-electron chi connectivity index (χ3n) is 4.12. The molecule has 1 aliphatic rings. The van der Waals surface area contributed by atoms with E-state index in [0.717, 1.165) is 35.7 Å². The molecule has 3 rings (SSSR count). The first kappa shape index (κ1) is 18.7. The van der Waals surface area contributed by atoms with Crippen molar-refractivity contribution in [3.8, 4) is 0 Å². The number of halogens is 1. The number of carbonyl (C=O) groups is 1. The van der Waals surface area contributed by atoms with Crippen LogP contribution in [0.4, 0.5) is 0 Å². The topological polar surface area (TPSA) is 92.3 Å². The quantitative estimate of drug-likeness (QED) is 0.801. The number of nitrogens with zero attached hydrogens (tertiary/aromatic N) is 3. The van der Waals surface area contributed by atoms with Crippen LogP contribution in [0.5, 0.6) is 0 Å². The van der Waals surface area contributed by atoms with Crippen LogP contribution in [-0.2, 0) is 10.0 Å². The summed E-state index contributed by atoms with van der Waals surface area (Å²) in [6, 6.07) is 3.07. The Hall–Kier alpha value is -1.07. The van der Waals surface area contributed by atoms with Crippen molar-refractivity contribution >= 4 is 50.4 Å². The molecule has 1 amide bonds. The molecule has 25 heavy (non-hydrogen) atoms. The first-order valence-electron chi connectivity index (χ1n) is 7.70. The van der Waals surface area contributed by atoms with E-state index in [9.17, 15) is 13.2 Å². The molecule has 136 valence electrons. The van der Waals surface area contributed by atoms with Gasteiger partial charge in [0.05, 0.1) is 10.0 Å². The SMILES string of the molecule is Cc1nnsc1C(=O)N1CCC(CNS(=O)(=O)c2ccc(Cl)s2)CC1. The van der Waals surface area contributed by atoms with Crippen LogP contribution >= 0.6 is 34.5 Å². The van der Waals surface area contributed by atoms with Gasteiger partial charge in [0.2, 0.25) is 10.0 Å². The zero-order chi connectivity index (χ0) is 18.0. The second kappa shape index (κ2) is 7.67. The van der Waals surface area contributed by atoms with Gasteiger partial charge in [-0.1, -0.05) is 16.1 Å². The highest BCUT2D eigenvalue weighted by Crippen LogP contribution is 2.26. The summed E-state index contributed by atoms with van der Waals surface area (Å²) in [7, 11) is -3.52. The van der Waals surface area contributed by atoms with E-state index >= 15 is 0 Å². The molecule has 1 aliphatic heterocycles. The lowest BCUT2D eigenvalue weighted by atomic mass is 9.97. The van der Waals surface area contributed by atoms with Gasteiger partial charge in [-0.25, -0.2) is 13.1 Å². The lowest BCUT2D eigenvalue weighted by Crippen LogP contribution is -2.41. The van der Waals surface area contributed by atoms with Crippen molar-refractivity contribution in [2.24, 2.45) is 5.92 Å². The van der Waals surface area contributed by atoms with Crippen LogP contribution in [0.15, 0.2) is 16.3 Å². The van der Waals surface area contributed by atoms with Crippen LogP contribution in [0, 0.1) is 12.8 Å². The molecule has 1 N–H and O–H groups in total. The van der Waals surface area contributed by atoms with Gasteiger partial charge in [-0.05, 0) is 49.3 Å². The molecule has 7 nitrogen and oxygen atoms in total. The van der Waals surface area contributed by atoms with E-state index in [0.29, 0.717) is 34.5 Å². The van der Waals surface area contributed by atoms with Gasteiger partial charge >= 0.3 is 0 Å². The predicted molar refractivity (Wildman–Crippen MR) is 97.8 cm³/mol. The Labute approximate surface area is 159 Å². The van der Waals surface area contributed by atoms with E-state index in [1.807, 2.05) is 0 Å². The number of rotatable bonds is 5. The molecule has 0 atom stereocenters. The Morgan fingerprint density at radius 2 is 2.12 bits per heavy atom. The van der Waals surface area contributed by atoms with Crippen LogP contribution in [-0.4, -0.2) is 48.4 Å². The molecule has 11 heteroatoms. The summed E-state index contributed by atoms with van der Waals surface area (Å²) in [5.74, 6) is 0.162. The minimum atomic E-state index is -3.52. The number of nitrogens with one attached hydrogen (secondary N) is 1. The number of likely N-dealkylation sites (tertiary alicyclic amines) is 1. The lowest BCUT2D eigenvalue weighted by molar-refractivity contribution is 0.0696. The predicted octanol–water partition coefficient (Wildman–Crippen LogP) is 2.39. The summed E-state index contributed by atoms with van der Waals surface area (Å²) >= 11 is 7.94. The van der Waals surface area contributed by atoms with Gasteiger partial charge in [0, 0.05) is 19.6 Å². The molecule has 0 aromatic carbocycles. The van der Waals surface area contributed by atoms with Gasteiger partial charge < -0.3 is 4.90 Å². The summed E-state index contributed by atoms with van der Waals surface area (Å²) in [5.41, 5.74) is 0.652. The van der Waals surface area contributed by atoms with Crippen LogP contribution < -0.4 is 4.72 Å². The van der Waals surface area contributed by atoms with Crippen LogP contribution in [0.1, 0.15) is 28.2 Å². The maximum Gasteiger partial charge on any atom is 0.267 e. The number of aryl methyl sites for hydroxylation is 1. The van der Waals surface area contributed by atoms with E-state index in [2.05, 4.69) is 14.3 Å². The zero-order valence-electron chi connectivity index (χ0n) is 13.4. The standard InChI is InChI=1S/C14H17ClN4O3S3/c1-9-13(24-18-17-9)14(20)19-6-4-10(5-7-19)8-16-25(21,22)12-3-2-11(15)23-12/h2-3,10,16H,4-8H2,1H3. The molecule has 1 saturated heterocycles. The second-order valence-electron chi connectivity index (χ2n) is 5.83. The van der Waals surface area contributed by atoms with E-state index in [4.69, 9.17) is 11.6 Å². The summed E-state index contributed by atoms with van der Waals surface area (Å²) < 4.78 is 31.5. The lowest BCUT2D eigenvalue weighted by Gasteiger charge is -2.31. The summed E-state index contributed by atoms with van der Waals surface area (Å²) in [6.45, 7) is 3.34. The third kappa shape index (κ3) is 4.37. The Morgan fingerprint density at radius 3 is 2.68 bits per heavy atom. The van der Waals surface area contributed by atoms with Crippen LogP contribution in [0.25, 0.3) is 0 Å². The molecular formula is C14H17ClN4O3S3. The van der Waals surface area contributed by atoms with Gasteiger partial charge in [-0.2, -0.15) is 0 Å². The molecule has 0 bridgehead atoms. The highest BCUT2D eigenvalue weighted by atomic mass is 35.5. The molecule has 0 aliphatic carbocycles. The van der Waals surface area contributed by atoms with E-state index in [-0.39, 0.29) is 16.0 Å². The highest BCUT2D eigenvalue weighted by molar-refractivity contribution is 7.91. The monoisotopic (exact) mass is 420 g/mol. The molecule has 1 fully saturated rings. The number of piperidine rings is 1. The number of amides is 1. The average molecular weight is 421 g/mol. The largest absolute Gasteiger partial charge is 0.338 e. The van der Waals surface area contributed by atoms with Crippen molar-refractivity contribution in [1.29, 1.82) is 0 Å². The average Bonchev–Trinajstić information content (AvgIpc) is 3.22. The van der Waals surface area contributed by atoms with Gasteiger partial charge in [0.25, 0.3) is 5.91 Å². The fourth-order valence-electron chi connectivity index (χ4n) is 2.65. The second-order valence-corrected chi connectivity index (χ2v) is 10.3. The fourth-order valence-corrected chi connectivity index (χ4v) is 5.92. The number of hydrogen-bond acceptors (Lipinski definition) is 7. The first-order chi connectivity index (χ1) is 11.9. The Morgan fingerprint density at radius 1 is 1.40 bits per heavy atom. The van der Waals surface area contributed by atoms with Gasteiger partial charge in [0.1, 0.15) is 9.09 Å². The van der Waals surface area contributed by atoms with E-state index in [1.54, 1.807) is 17.9 Å². The van der Waals surface area contributed by atoms with Gasteiger partial charge in [-0.15, -0.1) is 16.4 Å². The summed E-state index contributed by atoms with van der Waals surface area (Å²) in [6.07, 6.45) is 1.51. The minimum Gasteiger partial charge on any atom is -0.338 e. The van der Waals surface area contributed by atoms with Crippen molar-refractivity contribution in [2.45, 2.75) is 24.0 Å². The van der Waals surface area contributed by atoms with Gasteiger partial charge in [0.15, 0.2) is 0 Å². The molecule has 2 aromatic rings. The molecule has 2 aromatic heterocycles. The van der Waals surface area contributed by atoms with E-state index < -0.39 is 10.0 Å². The first-order valence-corrected chi connectivity index (χ1v) is 11.1. The maximum absolute atomic E-state index is 12.4. The van der Waals surface area contributed by atoms with Crippen LogP contribution in [0.2, 0.25) is 4.34 Å². The third-order valence-corrected chi connectivity index (χ3v) is 8.09. The molecule has 0 radical (unpaired) electrons. The number of aromatic nitrogens is 2. The smallest absolute Gasteiger partial charge is 0.267 e. The molecule has 0 spiro atoms. The van der Waals surface area contributed by atoms with Crippen molar-refractivity contribution in [3.05, 3.63) is 27.0 Å². The van der Waals surface area contributed by atoms with Crippen molar-refractivity contribution < 1.29 is 13.2 Å². The Kier molecular flexibility index (Phi) is 5.74. The van der Waals surface area contributed by atoms with Crippen molar-refractivity contribution in [3.63, 3.8) is 0 Å². The van der Waals surface area contributed by atoms with Crippen LogP contribution in [0.3, 0.4) is 0 Å². The van der Waals surface area contributed by atoms with E-state index in [1.165, 1.54) is 6.07 Å². The van der Waals surface area contributed by atoms with Crippen molar-refractivity contribution in [1.82, 2.24) is 19.2 Å². The minimum absolute atomic E-state index is 0.0419. The highest BCUT2D eigenvalue weighted by Gasteiger charge is 2.27. The zero-order valence-corrected chi connectivity index (χ0v) is 16.6. The number of sulfonamides is 1.